The summed E-state index contributed by atoms with van der Waals surface area (Å²) in [7, 11) is -5.62. The summed E-state index contributed by atoms with van der Waals surface area (Å²) in [5.74, 6) is -1.09. The van der Waals surface area contributed by atoms with Gasteiger partial charge in [0, 0.05) is 0 Å². The molecule has 1 unspecified atom stereocenters. The number of phenolic OH excluding ortho intramolecular Hbond substituents is 3. The molecule has 1 aromatic rings. The second-order valence-corrected chi connectivity index (χ2v) is 5.05. The summed E-state index contributed by atoms with van der Waals surface area (Å²) in [6, 6.07) is 4.01. The van der Waals surface area contributed by atoms with Crippen molar-refractivity contribution in [3.8, 4) is 17.2 Å². The van der Waals surface area contributed by atoms with Crippen LogP contribution in [-0.2, 0) is 10.1 Å². The third kappa shape index (κ3) is 4.46. The molecule has 4 N–H and O–H groups in total. The molecule has 0 bridgehead atoms. The topological polar surface area (TPSA) is 115 Å². The molecule has 1 rings (SSSR count). The van der Waals surface area contributed by atoms with Crippen molar-refractivity contribution in [2.75, 3.05) is 0 Å². The van der Waals surface area contributed by atoms with Crippen LogP contribution in [-0.4, -0.2) is 39.7 Å². The van der Waals surface area contributed by atoms with E-state index in [4.69, 9.17) is 19.9 Å². The summed E-state index contributed by atoms with van der Waals surface area (Å²) in [6.07, 6.45) is -3.54. The first-order chi connectivity index (χ1) is 8.95. The lowest BCUT2D eigenvalue weighted by atomic mass is 10.3. The molecule has 0 fully saturated rings. The summed E-state index contributed by atoms with van der Waals surface area (Å²) in [5.41, 5.74) is 0. The Morgan fingerprint density at radius 1 is 1.20 bits per heavy atom. The van der Waals surface area contributed by atoms with Crippen LogP contribution >= 0.6 is 0 Å². The molecule has 0 amide bonds. The van der Waals surface area contributed by atoms with Gasteiger partial charge in [-0.1, -0.05) is 13.0 Å². The van der Waals surface area contributed by atoms with Crippen LogP contribution in [0.3, 0.4) is 0 Å². The van der Waals surface area contributed by atoms with Crippen molar-refractivity contribution in [1.82, 2.24) is 0 Å². The molecule has 0 aromatic heterocycles. The molecule has 10 heteroatoms. The summed E-state index contributed by atoms with van der Waals surface area (Å²) < 4.78 is 63.8. The zero-order valence-electron chi connectivity index (χ0n) is 10.2. The lowest BCUT2D eigenvalue weighted by molar-refractivity contribution is -0.00388. The first-order valence-electron chi connectivity index (χ1n) is 5.14. The van der Waals surface area contributed by atoms with Crippen molar-refractivity contribution < 1.29 is 41.5 Å². The standard InChI is InChI=1S/C6H6O3.C4H7F3O3S/c7-4-2-1-3-5(8)6(4)9;1-2-3(5)4(6,7)11(8,9)10/h1-3,7-9H;3H,2H2,1H3,(H,8,9,10). The number of alkyl halides is 3. The Bertz CT molecular complexity index is 526. The van der Waals surface area contributed by atoms with Gasteiger partial charge in [-0.25, -0.2) is 4.39 Å². The molecule has 6 nitrogen and oxygen atoms in total. The van der Waals surface area contributed by atoms with Crippen LogP contribution in [0.1, 0.15) is 13.3 Å². The molecule has 0 spiro atoms. The fraction of sp³-hybridized carbons (Fsp3) is 0.400. The lowest BCUT2D eigenvalue weighted by Crippen LogP contribution is -2.38. The van der Waals surface area contributed by atoms with E-state index >= 15 is 0 Å². The Morgan fingerprint density at radius 2 is 1.60 bits per heavy atom. The number of rotatable bonds is 3. The van der Waals surface area contributed by atoms with Crippen molar-refractivity contribution in [2.24, 2.45) is 0 Å². The predicted octanol–water partition coefficient (Wildman–Crippen LogP) is 2.02. The molecule has 0 saturated carbocycles. The maximum atomic E-state index is 12.1. The van der Waals surface area contributed by atoms with Crippen molar-refractivity contribution in [2.45, 2.75) is 24.8 Å². The fourth-order valence-corrected chi connectivity index (χ4v) is 1.41. The van der Waals surface area contributed by atoms with Gasteiger partial charge in [0.15, 0.2) is 23.4 Å². The molecular weight excluding hydrogens is 305 g/mol. The van der Waals surface area contributed by atoms with E-state index < -0.39 is 33.7 Å². The van der Waals surface area contributed by atoms with E-state index in [0.29, 0.717) is 0 Å². The molecule has 0 aliphatic carbocycles. The lowest BCUT2D eigenvalue weighted by Gasteiger charge is -2.15. The maximum absolute atomic E-state index is 12.1. The highest BCUT2D eigenvalue weighted by Gasteiger charge is 2.51. The van der Waals surface area contributed by atoms with Crippen LogP contribution in [0.25, 0.3) is 0 Å². The smallest absolute Gasteiger partial charge is 0.400 e. The van der Waals surface area contributed by atoms with E-state index in [0.717, 1.165) is 6.92 Å². The molecule has 116 valence electrons. The van der Waals surface area contributed by atoms with Gasteiger partial charge in [0.25, 0.3) is 0 Å². The molecule has 20 heavy (non-hydrogen) atoms. The quantitative estimate of drug-likeness (QED) is 0.500. The second kappa shape index (κ2) is 6.66. The molecule has 0 radical (unpaired) electrons. The zero-order valence-corrected chi connectivity index (χ0v) is 11.0. The number of para-hydroxylation sites is 1. The number of phenols is 3. The summed E-state index contributed by atoms with van der Waals surface area (Å²) in [6.45, 7) is 1.05. The Morgan fingerprint density at radius 3 is 1.80 bits per heavy atom. The van der Waals surface area contributed by atoms with E-state index in [1.165, 1.54) is 18.2 Å². The Labute approximate surface area is 112 Å². The van der Waals surface area contributed by atoms with Crippen molar-refractivity contribution >= 4 is 10.1 Å². The van der Waals surface area contributed by atoms with Crippen LogP contribution in [0, 0.1) is 0 Å². The molecular formula is C10H13F3O6S. The molecule has 1 atom stereocenters. The second-order valence-electron chi connectivity index (χ2n) is 3.56. The van der Waals surface area contributed by atoms with Crippen LogP contribution in [0.4, 0.5) is 13.2 Å². The van der Waals surface area contributed by atoms with Gasteiger partial charge in [0.1, 0.15) is 0 Å². The summed E-state index contributed by atoms with van der Waals surface area (Å²) in [5, 5.41) is 21.4. The molecule has 0 aliphatic rings. The van der Waals surface area contributed by atoms with Crippen LogP contribution in [0.5, 0.6) is 17.2 Å². The van der Waals surface area contributed by atoms with Crippen molar-refractivity contribution in [3.05, 3.63) is 18.2 Å². The summed E-state index contributed by atoms with van der Waals surface area (Å²) >= 11 is 0. The van der Waals surface area contributed by atoms with E-state index in [1.54, 1.807) is 0 Å². The highest BCUT2D eigenvalue weighted by atomic mass is 32.2. The number of hydrogen-bond donors (Lipinski definition) is 4. The highest BCUT2D eigenvalue weighted by Crippen LogP contribution is 2.32. The van der Waals surface area contributed by atoms with E-state index in [1.807, 2.05) is 0 Å². The monoisotopic (exact) mass is 318 g/mol. The normalized spacial score (nSPS) is 13.2. The average Bonchev–Trinajstić information content (AvgIpc) is 2.34. The third-order valence-corrected chi connectivity index (χ3v) is 3.00. The Balaban J connectivity index is 0.000000367. The number of hydrogen-bond acceptors (Lipinski definition) is 5. The van der Waals surface area contributed by atoms with E-state index in [-0.39, 0.29) is 11.5 Å². The zero-order chi connectivity index (χ0) is 16.1. The maximum Gasteiger partial charge on any atom is 0.400 e. The van der Waals surface area contributed by atoms with Gasteiger partial charge >= 0.3 is 15.4 Å². The Kier molecular flexibility index (Phi) is 6.10. The van der Waals surface area contributed by atoms with E-state index in [2.05, 4.69) is 0 Å². The minimum atomic E-state index is -5.62. The van der Waals surface area contributed by atoms with Gasteiger partial charge in [-0.15, -0.1) is 0 Å². The molecule has 0 aliphatic heterocycles. The molecule has 1 aromatic carbocycles. The minimum Gasteiger partial charge on any atom is -0.504 e. The van der Waals surface area contributed by atoms with Gasteiger partial charge < -0.3 is 15.3 Å². The summed E-state index contributed by atoms with van der Waals surface area (Å²) in [4.78, 5) is 0. The van der Waals surface area contributed by atoms with Gasteiger partial charge in [0.05, 0.1) is 0 Å². The molecule has 0 heterocycles. The number of aromatic hydroxyl groups is 3. The number of benzene rings is 1. The minimum absolute atomic E-state index is 0.310. The first kappa shape index (κ1) is 18.3. The van der Waals surface area contributed by atoms with Gasteiger partial charge in [-0.2, -0.15) is 17.2 Å². The largest absolute Gasteiger partial charge is 0.504 e. The van der Waals surface area contributed by atoms with Crippen LogP contribution < -0.4 is 0 Å². The van der Waals surface area contributed by atoms with Crippen LogP contribution in [0.2, 0.25) is 0 Å². The average molecular weight is 318 g/mol. The van der Waals surface area contributed by atoms with Gasteiger partial charge in [-0.05, 0) is 18.6 Å². The van der Waals surface area contributed by atoms with Gasteiger partial charge in [0.2, 0.25) is 0 Å². The van der Waals surface area contributed by atoms with Crippen molar-refractivity contribution in [3.63, 3.8) is 0 Å². The third-order valence-electron chi connectivity index (χ3n) is 2.06. The van der Waals surface area contributed by atoms with Gasteiger partial charge in [-0.3, -0.25) is 4.55 Å². The van der Waals surface area contributed by atoms with Crippen LogP contribution in [0.15, 0.2) is 18.2 Å². The highest BCUT2D eigenvalue weighted by molar-refractivity contribution is 7.86. The fourth-order valence-electron chi connectivity index (χ4n) is 0.919. The first-order valence-corrected chi connectivity index (χ1v) is 6.58. The number of halogens is 3. The van der Waals surface area contributed by atoms with E-state index in [9.17, 15) is 21.6 Å². The Hall–Kier alpha value is -1.68. The predicted molar refractivity (Wildman–Crippen MR) is 63.1 cm³/mol. The molecule has 0 saturated heterocycles. The SMILES string of the molecule is CCC(F)C(F)(F)S(=O)(=O)O.Oc1cccc(O)c1O. The van der Waals surface area contributed by atoms with Crippen molar-refractivity contribution in [1.29, 1.82) is 0 Å².